The molecule has 0 aliphatic carbocycles. The Morgan fingerprint density at radius 1 is 1.36 bits per heavy atom. The summed E-state index contributed by atoms with van der Waals surface area (Å²) in [5.74, 6) is 2.76. The van der Waals surface area contributed by atoms with Crippen LogP contribution >= 0.6 is 23.5 Å². The molecule has 11 heavy (non-hydrogen) atoms. The van der Waals surface area contributed by atoms with Crippen molar-refractivity contribution < 1.29 is 9.90 Å². The second-order valence-corrected chi connectivity index (χ2v) is 4.69. The third-order valence-corrected chi connectivity index (χ3v) is 3.50. The third-order valence-electron chi connectivity index (χ3n) is 0.921. The number of thioether (sulfide) groups is 2. The van der Waals surface area contributed by atoms with Crippen molar-refractivity contribution in [2.45, 2.75) is 0 Å². The monoisotopic (exact) mass is 195 g/mol. The summed E-state index contributed by atoms with van der Waals surface area (Å²) in [7, 11) is 2.95. The molecule has 0 radical (unpaired) electrons. The van der Waals surface area contributed by atoms with Crippen LogP contribution in [0.5, 0.6) is 0 Å². The quantitative estimate of drug-likeness (QED) is 0.638. The molecule has 0 aromatic heterocycles. The van der Waals surface area contributed by atoms with Gasteiger partial charge in [0.15, 0.2) is 0 Å². The van der Waals surface area contributed by atoms with Crippen molar-refractivity contribution in [2.24, 2.45) is 0 Å². The predicted molar refractivity (Wildman–Crippen MR) is 51.5 cm³/mol. The lowest BCUT2D eigenvalue weighted by atomic mass is 10.9. The maximum atomic E-state index is 9.62. The summed E-state index contributed by atoms with van der Waals surface area (Å²) >= 11 is 4.07. The van der Waals surface area contributed by atoms with E-state index in [9.17, 15) is 4.79 Å². The van der Waals surface area contributed by atoms with Gasteiger partial charge >= 0.3 is 6.09 Å². The summed E-state index contributed by atoms with van der Waals surface area (Å²) in [6.45, 7) is 0. The standard InChI is InChI=1S/C3H7NO2.C3H6S2/c1-4(2)3(5)6;1-2-5-3-4-1/h1-2H3,(H,5,6);1-3H2. The highest BCUT2D eigenvalue weighted by molar-refractivity contribution is 8.19. The lowest BCUT2D eigenvalue weighted by Crippen LogP contribution is -2.18. The van der Waals surface area contributed by atoms with Gasteiger partial charge in [0.2, 0.25) is 0 Å². The van der Waals surface area contributed by atoms with Gasteiger partial charge < -0.3 is 10.0 Å². The highest BCUT2D eigenvalue weighted by Crippen LogP contribution is 2.20. The summed E-state index contributed by atoms with van der Waals surface area (Å²) in [4.78, 5) is 10.7. The van der Waals surface area contributed by atoms with E-state index in [2.05, 4.69) is 0 Å². The van der Waals surface area contributed by atoms with E-state index in [0.717, 1.165) is 4.90 Å². The van der Waals surface area contributed by atoms with Gasteiger partial charge in [0, 0.05) is 30.7 Å². The van der Waals surface area contributed by atoms with Crippen molar-refractivity contribution in [3.05, 3.63) is 0 Å². The topological polar surface area (TPSA) is 40.5 Å². The van der Waals surface area contributed by atoms with Crippen molar-refractivity contribution in [1.82, 2.24) is 4.90 Å². The van der Waals surface area contributed by atoms with E-state index in [0.29, 0.717) is 0 Å². The molecular weight excluding hydrogens is 182 g/mol. The number of carboxylic acid groups (broad SMARTS) is 1. The number of hydrogen-bond donors (Lipinski definition) is 1. The third kappa shape index (κ3) is 7.87. The summed E-state index contributed by atoms with van der Waals surface area (Å²) < 4.78 is 0. The summed E-state index contributed by atoms with van der Waals surface area (Å²) in [6.07, 6.45) is -0.907. The van der Waals surface area contributed by atoms with Gasteiger partial charge in [-0.25, -0.2) is 4.79 Å². The molecule has 5 heteroatoms. The zero-order chi connectivity index (χ0) is 8.69. The molecule has 1 fully saturated rings. The molecule has 0 aromatic carbocycles. The normalized spacial score (nSPS) is 15.1. The van der Waals surface area contributed by atoms with Gasteiger partial charge in [-0.15, -0.1) is 0 Å². The second-order valence-electron chi connectivity index (χ2n) is 2.11. The molecule has 1 N–H and O–H groups in total. The molecule has 1 aliphatic rings. The van der Waals surface area contributed by atoms with Gasteiger partial charge in [0.1, 0.15) is 0 Å². The van der Waals surface area contributed by atoms with E-state index in [4.69, 9.17) is 5.11 Å². The van der Waals surface area contributed by atoms with Crippen molar-refractivity contribution in [3.63, 3.8) is 0 Å². The zero-order valence-corrected chi connectivity index (χ0v) is 8.37. The molecule has 66 valence electrons. The Kier molecular flexibility index (Phi) is 6.65. The van der Waals surface area contributed by atoms with Gasteiger partial charge in [-0.05, 0) is 0 Å². The molecule has 1 heterocycles. The Hall–Kier alpha value is -0.0300. The number of amides is 1. The first-order chi connectivity index (χ1) is 5.14. The molecular formula is C6H13NO2S2. The first-order valence-electron chi connectivity index (χ1n) is 3.20. The maximum absolute atomic E-state index is 9.62. The number of hydrogen-bond acceptors (Lipinski definition) is 3. The van der Waals surface area contributed by atoms with Crippen molar-refractivity contribution in [2.75, 3.05) is 30.7 Å². The van der Waals surface area contributed by atoms with Crippen molar-refractivity contribution >= 4 is 29.6 Å². The summed E-state index contributed by atoms with van der Waals surface area (Å²) in [6, 6.07) is 0. The summed E-state index contributed by atoms with van der Waals surface area (Å²) in [5, 5.41) is 9.25. The smallest absolute Gasteiger partial charge is 0.406 e. The van der Waals surface area contributed by atoms with Gasteiger partial charge in [-0.2, -0.15) is 23.5 Å². The molecule has 0 aromatic rings. The van der Waals surface area contributed by atoms with Crippen LogP contribution in [0, 0.1) is 0 Å². The van der Waals surface area contributed by atoms with Crippen LogP contribution in [0.3, 0.4) is 0 Å². The molecule has 0 bridgehead atoms. The van der Waals surface area contributed by atoms with Crippen LogP contribution in [0.1, 0.15) is 0 Å². The average molecular weight is 195 g/mol. The minimum atomic E-state index is -0.907. The molecule has 1 rings (SSSR count). The molecule has 0 atom stereocenters. The average Bonchev–Trinajstić information content (AvgIpc) is 2.41. The van der Waals surface area contributed by atoms with Crippen molar-refractivity contribution in [1.29, 1.82) is 0 Å². The van der Waals surface area contributed by atoms with E-state index in [1.165, 1.54) is 30.7 Å². The fourth-order valence-electron chi connectivity index (χ4n) is 0.295. The highest BCUT2D eigenvalue weighted by atomic mass is 32.2. The molecule has 1 saturated heterocycles. The van der Waals surface area contributed by atoms with Crippen LogP contribution in [0.4, 0.5) is 4.79 Å². The summed E-state index contributed by atoms with van der Waals surface area (Å²) in [5.41, 5.74) is 0. The van der Waals surface area contributed by atoms with E-state index in [1.54, 1.807) is 0 Å². The molecule has 0 unspecified atom stereocenters. The minimum Gasteiger partial charge on any atom is -0.465 e. The van der Waals surface area contributed by atoms with E-state index >= 15 is 0 Å². The molecule has 3 nitrogen and oxygen atoms in total. The van der Waals surface area contributed by atoms with Gasteiger partial charge in [0.25, 0.3) is 0 Å². The van der Waals surface area contributed by atoms with Crippen molar-refractivity contribution in [3.8, 4) is 0 Å². The van der Waals surface area contributed by atoms with Crippen LogP contribution in [-0.4, -0.2) is 46.8 Å². The Morgan fingerprint density at radius 3 is 1.82 bits per heavy atom. The first-order valence-corrected chi connectivity index (χ1v) is 5.51. The fourth-order valence-corrected chi connectivity index (χ4v) is 2.65. The number of carbonyl (C=O) groups is 1. The number of nitrogens with zero attached hydrogens (tertiary/aromatic N) is 1. The Balaban J connectivity index is 0.000000183. The lowest BCUT2D eigenvalue weighted by Gasteiger charge is -1.99. The zero-order valence-electron chi connectivity index (χ0n) is 6.74. The fraction of sp³-hybridized carbons (Fsp3) is 0.833. The first kappa shape index (κ1) is 11.0. The second kappa shape index (κ2) is 6.67. The van der Waals surface area contributed by atoms with E-state index in [-0.39, 0.29) is 0 Å². The van der Waals surface area contributed by atoms with E-state index < -0.39 is 6.09 Å². The van der Waals surface area contributed by atoms with Crippen LogP contribution < -0.4 is 0 Å². The Bertz CT molecular complexity index is 108. The maximum Gasteiger partial charge on any atom is 0.406 e. The van der Waals surface area contributed by atoms with Crippen LogP contribution in [0.15, 0.2) is 0 Å². The molecule has 0 saturated carbocycles. The minimum absolute atomic E-state index is 0.907. The van der Waals surface area contributed by atoms with Crippen LogP contribution in [0.25, 0.3) is 0 Å². The number of rotatable bonds is 0. The molecule has 1 aliphatic heterocycles. The molecule has 0 spiro atoms. The van der Waals surface area contributed by atoms with Gasteiger partial charge in [-0.1, -0.05) is 0 Å². The van der Waals surface area contributed by atoms with Crippen LogP contribution in [0.2, 0.25) is 0 Å². The lowest BCUT2D eigenvalue weighted by molar-refractivity contribution is 0.165. The highest BCUT2D eigenvalue weighted by Gasteiger charge is 1.95. The Labute approximate surface area is 75.5 Å². The van der Waals surface area contributed by atoms with Gasteiger partial charge in [-0.3, -0.25) is 0 Å². The Morgan fingerprint density at radius 2 is 1.73 bits per heavy atom. The largest absolute Gasteiger partial charge is 0.465 e. The van der Waals surface area contributed by atoms with E-state index in [1.807, 2.05) is 23.5 Å². The molecule has 1 amide bonds. The van der Waals surface area contributed by atoms with Crippen LogP contribution in [-0.2, 0) is 0 Å². The SMILES string of the molecule is C1CSCS1.CN(C)C(=O)O. The van der Waals surface area contributed by atoms with Gasteiger partial charge in [0.05, 0.1) is 0 Å². The predicted octanol–water partition coefficient (Wildman–Crippen LogP) is 1.65.